The monoisotopic (exact) mass is 487 g/mol. The number of amides is 3. The van der Waals surface area contributed by atoms with Crippen molar-refractivity contribution in [2.75, 3.05) is 13.2 Å². The summed E-state index contributed by atoms with van der Waals surface area (Å²) >= 11 is 1.70. The Hall–Kier alpha value is -2.06. The number of aliphatic hydroxyl groups excluding tert-OH is 1. The van der Waals surface area contributed by atoms with Crippen molar-refractivity contribution in [1.82, 2.24) is 15.5 Å². The second-order valence-corrected chi connectivity index (χ2v) is 11.5. The van der Waals surface area contributed by atoms with E-state index in [1.54, 1.807) is 16.7 Å². The van der Waals surface area contributed by atoms with Gasteiger partial charge in [0.05, 0.1) is 16.6 Å². The number of thioether (sulfide) groups is 1. The van der Waals surface area contributed by atoms with Gasteiger partial charge in [-0.15, -0.1) is 11.8 Å². The lowest BCUT2D eigenvalue weighted by Crippen LogP contribution is -2.55. The third-order valence-corrected chi connectivity index (χ3v) is 9.53. The van der Waals surface area contributed by atoms with Gasteiger partial charge in [-0.25, -0.2) is 0 Å². The maximum Gasteiger partial charge on any atom is 0.244 e. The SMILES string of the molecule is CCCC(C)NC(=O)C1N(CCCCO)C(=O)[C@@H]2[C@@H](C(=O)NCc3ccccc3)[C@H]3CCC12S3. The molecule has 2 bridgehead atoms. The Morgan fingerprint density at radius 1 is 1.24 bits per heavy atom. The highest BCUT2D eigenvalue weighted by atomic mass is 32.2. The van der Waals surface area contributed by atoms with Crippen LogP contribution in [0, 0.1) is 11.8 Å². The summed E-state index contributed by atoms with van der Waals surface area (Å²) in [5.41, 5.74) is 1.02. The molecule has 1 spiro atoms. The van der Waals surface area contributed by atoms with Gasteiger partial charge >= 0.3 is 0 Å². The molecule has 3 unspecified atom stereocenters. The molecule has 3 aliphatic rings. The van der Waals surface area contributed by atoms with Gasteiger partial charge in [-0.3, -0.25) is 14.4 Å². The van der Waals surface area contributed by atoms with Crippen LogP contribution in [0.3, 0.4) is 0 Å². The molecule has 3 amide bonds. The lowest BCUT2D eigenvalue weighted by Gasteiger charge is -2.35. The Morgan fingerprint density at radius 2 is 2.00 bits per heavy atom. The summed E-state index contributed by atoms with van der Waals surface area (Å²) in [4.78, 5) is 42.4. The van der Waals surface area contributed by atoms with E-state index in [1.165, 1.54) is 0 Å². The fraction of sp³-hybridized carbons (Fsp3) is 0.654. The van der Waals surface area contributed by atoms with Crippen LogP contribution in [-0.2, 0) is 20.9 Å². The predicted molar refractivity (Wildman–Crippen MR) is 133 cm³/mol. The second kappa shape index (κ2) is 10.7. The zero-order valence-electron chi connectivity index (χ0n) is 20.2. The number of unbranched alkanes of at least 4 members (excludes halogenated alkanes) is 1. The van der Waals surface area contributed by atoms with Crippen LogP contribution in [0.25, 0.3) is 0 Å². The Morgan fingerprint density at radius 3 is 2.71 bits per heavy atom. The fourth-order valence-corrected chi connectivity index (χ4v) is 8.34. The number of nitrogens with zero attached hydrogens (tertiary/aromatic N) is 1. The van der Waals surface area contributed by atoms with Crippen LogP contribution in [0.2, 0.25) is 0 Å². The topological polar surface area (TPSA) is 98.7 Å². The molecule has 34 heavy (non-hydrogen) atoms. The molecule has 0 saturated carbocycles. The summed E-state index contributed by atoms with van der Waals surface area (Å²) in [5.74, 6) is -1.15. The van der Waals surface area contributed by atoms with Crippen LogP contribution >= 0.6 is 11.8 Å². The molecule has 3 aliphatic heterocycles. The van der Waals surface area contributed by atoms with Crippen molar-refractivity contribution in [3.63, 3.8) is 0 Å². The van der Waals surface area contributed by atoms with Gasteiger partial charge in [0.25, 0.3) is 0 Å². The number of aliphatic hydroxyl groups is 1. The molecule has 1 aromatic carbocycles. The molecule has 186 valence electrons. The number of carbonyl (C=O) groups is 3. The molecule has 8 heteroatoms. The zero-order valence-corrected chi connectivity index (χ0v) is 21.0. The molecule has 7 nitrogen and oxygen atoms in total. The summed E-state index contributed by atoms with van der Waals surface area (Å²) in [5, 5.41) is 15.5. The Kier molecular flexibility index (Phi) is 7.87. The first-order valence-corrected chi connectivity index (χ1v) is 13.5. The Labute approximate surface area is 206 Å². The normalized spacial score (nSPS) is 30.3. The van der Waals surface area contributed by atoms with E-state index >= 15 is 0 Å². The van der Waals surface area contributed by atoms with E-state index < -0.39 is 22.6 Å². The maximum atomic E-state index is 13.8. The van der Waals surface area contributed by atoms with E-state index in [4.69, 9.17) is 0 Å². The number of likely N-dealkylation sites (tertiary alicyclic amines) is 1. The number of benzene rings is 1. The molecular weight excluding hydrogens is 450 g/mol. The van der Waals surface area contributed by atoms with Crippen molar-refractivity contribution in [2.45, 2.75) is 81.0 Å². The molecule has 4 rings (SSSR count). The first-order chi connectivity index (χ1) is 16.4. The molecule has 3 heterocycles. The van der Waals surface area contributed by atoms with E-state index in [0.717, 1.165) is 31.2 Å². The summed E-state index contributed by atoms with van der Waals surface area (Å²) in [6, 6.07) is 9.24. The van der Waals surface area contributed by atoms with Gasteiger partial charge in [0, 0.05) is 31.0 Å². The van der Waals surface area contributed by atoms with E-state index in [1.807, 2.05) is 37.3 Å². The highest BCUT2D eigenvalue weighted by molar-refractivity contribution is 8.02. The summed E-state index contributed by atoms with van der Waals surface area (Å²) in [6.45, 7) is 5.01. The maximum absolute atomic E-state index is 13.8. The van der Waals surface area contributed by atoms with Crippen molar-refractivity contribution in [3.8, 4) is 0 Å². The van der Waals surface area contributed by atoms with Crippen LogP contribution in [-0.4, -0.2) is 63.0 Å². The van der Waals surface area contributed by atoms with E-state index in [2.05, 4.69) is 17.6 Å². The average molecular weight is 488 g/mol. The molecule has 0 radical (unpaired) electrons. The zero-order chi connectivity index (χ0) is 24.3. The molecule has 0 aliphatic carbocycles. The molecule has 3 fully saturated rings. The highest BCUT2D eigenvalue weighted by Gasteiger charge is 2.73. The molecule has 6 atom stereocenters. The number of nitrogens with one attached hydrogen (secondary N) is 2. The van der Waals surface area contributed by atoms with Gasteiger partial charge in [-0.2, -0.15) is 0 Å². The number of carbonyl (C=O) groups excluding carboxylic acids is 3. The quantitative estimate of drug-likeness (QED) is 0.417. The second-order valence-electron chi connectivity index (χ2n) is 9.92. The first-order valence-electron chi connectivity index (χ1n) is 12.6. The highest BCUT2D eigenvalue weighted by Crippen LogP contribution is 2.66. The summed E-state index contributed by atoms with van der Waals surface area (Å²) in [7, 11) is 0. The van der Waals surface area contributed by atoms with Gasteiger partial charge in [0.1, 0.15) is 6.04 Å². The van der Waals surface area contributed by atoms with Gasteiger partial charge in [0.2, 0.25) is 17.7 Å². The number of hydrogen-bond acceptors (Lipinski definition) is 5. The first kappa shape index (κ1) is 25.0. The smallest absolute Gasteiger partial charge is 0.244 e. The van der Waals surface area contributed by atoms with Crippen LogP contribution in [0.1, 0.15) is 57.9 Å². The largest absolute Gasteiger partial charge is 0.396 e. The van der Waals surface area contributed by atoms with Crippen molar-refractivity contribution in [2.24, 2.45) is 11.8 Å². The summed E-state index contributed by atoms with van der Waals surface area (Å²) < 4.78 is -0.550. The van der Waals surface area contributed by atoms with Crippen LogP contribution in [0.5, 0.6) is 0 Å². The van der Waals surface area contributed by atoms with Crippen molar-refractivity contribution in [3.05, 3.63) is 35.9 Å². The minimum Gasteiger partial charge on any atom is -0.396 e. The minimum absolute atomic E-state index is 0.0379. The molecule has 1 aromatic rings. The van der Waals surface area contributed by atoms with Gasteiger partial charge in [-0.1, -0.05) is 43.7 Å². The average Bonchev–Trinajstić information content (AvgIpc) is 3.46. The number of fused-ring (bicyclic) bond motifs is 1. The van der Waals surface area contributed by atoms with Crippen molar-refractivity contribution >= 4 is 29.5 Å². The lowest BCUT2D eigenvalue weighted by atomic mass is 9.70. The number of rotatable bonds is 11. The fourth-order valence-electron chi connectivity index (χ4n) is 6.12. The molecule has 0 aromatic heterocycles. The molecule has 3 saturated heterocycles. The standard InChI is InChI=1S/C26H37N3O4S/c1-3-9-17(2)28-24(32)22-26-13-12-19(34-26)20(21(26)25(33)29(22)14-7-8-15-30)23(31)27-16-18-10-5-4-6-11-18/h4-6,10-11,17,19-22,30H,3,7-9,12-16H2,1-2H3,(H,27,31)(H,28,32)/t17?,19-,20+,21+,22?,26?/m1/s1. The van der Waals surface area contributed by atoms with E-state index in [9.17, 15) is 19.5 Å². The van der Waals surface area contributed by atoms with E-state index in [-0.39, 0.29) is 35.6 Å². The van der Waals surface area contributed by atoms with Gasteiger partial charge in [-0.05, 0) is 44.6 Å². The third-order valence-electron chi connectivity index (χ3n) is 7.58. The third kappa shape index (κ3) is 4.59. The lowest BCUT2D eigenvalue weighted by molar-refractivity contribution is -0.140. The van der Waals surface area contributed by atoms with Crippen molar-refractivity contribution in [1.29, 1.82) is 0 Å². The Balaban J connectivity index is 1.56. The molecular formula is C26H37N3O4S. The van der Waals surface area contributed by atoms with Gasteiger partial charge < -0.3 is 20.6 Å². The minimum atomic E-state index is -0.565. The number of hydrogen-bond donors (Lipinski definition) is 3. The molecule has 3 N–H and O–H groups in total. The summed E-state index contributed by atoms with van der Waals surface area (Å²) in [6.07, 6.45) is 4.69. The Bertz CT molecular complexity index is 897. The predicted octanol–water partition coefficient (Wildman–Crippen LogP) is 2.47. The van der Waals surface area contributed by atoms with Crippen LogP contribution in [0.4, 0.5) is 0 Å². The van der Waals surface area contributed by atoms with Crippen molar-refractivity contribution < 1.29 is 19.5 Å². The van der Waals surface area contributed by atoms with Crippen LogP contribution < -0.4 is 10.6 Å². The van der Waals surface area contributed by atoms with E-state index in [0.29, 0.717) is 25.9 Å². The van der Waals surface area contributed by atoms with Crippen LogP contribution in [0.15, 0.2) is 30.3 Å². The van der Waals surface area contributed by atoms with Gasteiger partial charge in [0.15, 0.2) is 0 Å².